The van der Waals surface area contributed by atoms with Crippen LogP contribution in [0.25, 0.3) is 0 Å². The number of carbonyl (C=O) groups excluding carboxylic acids is 2. The Bertz CT molecular complexity index is 351. The number of morpholine rings is 1. The lowest BCUT2D eigenvalue weighted by molar-refractivity contribution is -0.172. The molecule has 1 saturated heterocycles. The van der Waals surface area contributed by atoms with Gasteiger partial charge in [-0.3, -0.25) is 9.69 Å². The van der Waals surface area contributed by atoms with Crippen molar-refractivity contribution in [1.29, 1.82) is 0 Å². The van der Waals surface area contributed by atoms with Crippen molar-refractivity contribution in [3.63, 3.8) is 0 Å². The monoisotopic (exact) mass is 237 g/mol. The van der Waals surface area contributed by atoms with Crippen LogP contribution in [0.3, 0.4) is 0 Å². The average molecular weight is 237 g/mol. The third-order valence-corrected chi connectivity index (χ3v) is 3.68. The molecule has 0 spiro atoms. The highest BCUT2D eigenvalue weighted by Gasteiger charge is 2.51. The van der Waals surface area contributed by atoms with Crippen LogP contribution in [-0.2, 0) is 14.3 Å². The predicted molar refractivity (Wildman–Crippen MR) is 63.6 cm³/mol. The summed E-state index contributed by atoms with van der Waals surface area (Å²) in [7, 11) is 0. The maximum atomic E-state index is 12.1. The fourth-order valence-corrected chi connectivity index (χ4v) is 2.65. The molecule has 2 heterocycles. The van der Waals surface area contributed by atoms with E-state index in [0.29, 0.717) is 19.6 Å². The van der Waals surface area contributed by atoms with Crippen molar-refractivity contribution in [3.05, 3.63) is 12.2 Å². The van der Waals surface area contributed by atoms with Crippen molar-refractivity contribution < 1.29 is 14.3 Å². The quantitative estimate of drug-likeness (QED) is 0.392. The minimum absolute atomic E-state index is 0.103. The van der Waals surface area contributed by atoms with Crippen LogP contribution in [0.5, 0.6) is 0 Å². The Hall–Kier alpha value is -1.16. The molecule has 0 radical (unpaired) electrons. The number of rotatable bonds is 1. The van der Waals surface area contributed by atoms with Crippen molar-refractivity contribution >= 4 is 11.8 Å². The maximum absolute atomic E-state index is 12.1. The molecule has 0 aromatic rings. The van der Waals surface area contributed by atoms with E-state index in [1.54, 1.807) is 0 Å². The first-order chi connectivity index (χ1) is 8.18. The second-order valence-electron chi connectivity index (χ2n) is 4.71. The molecule has 0 aromatic carbocycles. The molecule has 0 aromatic heterocycles. The van der Waals surface area contributed by atoms with E-state index >= 15 is 0 Å². The van der Waals surface area contributed by atoms with E-state index in [9.17, 15) is 9.59 Å². The van der Waals surface area contributed by atoms with Crippen molar-refractivity contribution in [1.82, 2.24) is 4.90 Å². The highest BCUT2D eigenvalue weighted by Crippen LogP contribution is 2.28. The number of cyclic esters (lactones) is 1. The maximum Gasteiger partial charge on any atom is 0.334 e. The lowest BCUT2D eigenvalue weighted by atomic mass is 9.87. The summed E-state index contributed by atoms with van der Waals surface area (Å²) in [6.45, 7) is 3.36. The zero-order chi connectivity index (χ0) is 12.3. The van der Waals surface area contributed by atoms with Crippen LogP contribution < -0.4 is 0 Å². The molecular weight excluding hydrogens is 218 g/mol. The van der Waals surface area contributed by atoms with Gasteiger partial charge in [-0.2, -0.15) is 0 Å². The van der Waals surface area contributed by atoms with Gasteiger partial charge >= 0.3 is 5.97 Å². The molecule has 0 N–H and O–H groups in total. The van der Waals surface area contributed by atoms with Crippen molar-refractivity contribution in [3.8, 4) is 0 Å². The Morgan fingerprint density at radius 2 is 2.18 bits per heavy atom. The molecule has 0 bridgehead atoms. The van der Waals surface area contributed by atoms with Gasteiger partial charge < -0.3 is 4.74 Å². The number of fused-ring (bicyclic) bond motifs is 1. The third-order valence-electron chi connectivity index (χ3n) is 3.68. The predicted octanol–water partition coefficient (Wildman–Crippen LogP) is 1.30. The fraction of sp³-hybridized carbons (Fsp3) is 0.692. The number of allylic oxidation sites excluding steroid dienone is 1. The van der Waals surface area contributed by atoms with Crippen LogP contribution in [-0.4, -0.2) is 41.9 Å². The first kappa shape index (κ1) is 12.3. The van der Waals surface area contributed by atoms with Crippen LogP contribution in [0.15, 0.2) is 12.2 Å². The lowest BCUT2D eigenvalue weighted by Gasteiger charge is -2.42. The number of nitrogens with zero attached hydrogens (tertiary/aromatic N) is 1. The summed E-state index contributed by atoms with van der Waals surface area (Å²) >= 11 is 0. The van der Waals surface area contributed by atoms with Crippen molar-refractivity contribution in [2.45, 2.75) is 38.1 Å². The highest BCUT2D eigenvalue weighted by atomic mass is 16.5. The molecule has 2 aliphatic rings. The van der Waals surface area contributed by atoms with Gasteiger partial charge in [0.2, 0.25) is 0 Å². The van der Waals surface area contributed by atoms with Crippen LogP contribution in [0, 0.1) is 0 Å². The molecule has 2 aliphatic heterocycles. The molecule has 2 rings (SSSR count). The second-order valence-corrected chi connectivity index (χ2v) is 4.71. The number of carbonyl (C=O) groups is 2. The largest absolute Gasteiger partial charge is 0.463 e. The number of hydrogen-bond donors (Lipinski definition) is 0. The van der Waals surface area contributed by atoms with Crippen LogP contribution in [0.4, 0.5) is 0 Å². The number of hydrogen-bond acceptors (Lipinski definition) is 4. The molecule has 94 valence electrons. The van der Waals surface area contributed by atoms with Crippen LogP contribution in [0.2, 0.25) is 0 Å². The number of ketones is 1. The summed E-state index contributed by atoms with van der Waals surface area (Å²) in [6.07, 6.45) is 7.61. The summed E-state index contributed by atoms with van der Waals surface area (Å²) in [5.41, 5.74) is -1.06. The molecule has 4 heteroatoms. The minimum atomic E-state index is -1.06. The van der Waals surface area contributed by atoms with Gasteiger partial charge in [0.25, 0.3) is 0 Å². The smallest absolute Gasteiger partial charge is 0.334 e. The van der Waals surface area contributed by atoms with Gasteiger partial charge in [-0.25, -0.2) is 4.79 Å². The van der Waals surface area contributed by atoms with Gasteiger partial charge in [0.05, 0.1) is 0 Å². The lowest BCUT2D eigenvalue weighted by Crippen LogP contribution is -2.63. The summed E-state index contributed by atoms with van der Waals surface area (Å²) < 4.78 is 5.11. The Kier molecular flexibility index (Phi) is 3.62. The number of ether oxygens (including phenoxy) is 1. The average Bonchev–Trinajstić information content (AvgIpc) is 2.40. The SMILES string of the molecule is CC(=O)C12C/C=C\CCCCN1CCOC2=O. The zero-order valence-electron chi connectivity index (χ0n) is 10.3. The van der Waals surface area contributed by atoms with E-state index in [-0.39, 0.29) is 11.8 Å². The Morgan fingerprint density at radius 1 is 1.35 bits per heavy atom. The van der Waals surface area contributed by atoms with E-state index in [2.05, 4.69) is 6.08 Å². The zero-order valence-corrected chi connectivity index (χ0v) is 10.3. The van der Waals surface area contributed by atoms with Gasteiger partial charge in [0.15, 0.2) is 11.3 Å². The molecule has 0 amide bonds. The summed E-state index contributed by atoms with van der Waals surface area (Å²) in [6, 6.07) is 0. The normalized spacial score (nSPS) is 32.6. The Balaban J connectivity index is 2.35. The van der Waals surface area contributed by atoms with Crippen LogP contribution in [0.1, 0.15) is 32.6 Å². The van der Waals surface area contributed by atoms with Gasteiger partial charge in [0.1, 0.15) is 6.61 Å². The van der Waals surface area contributed by atoms with E-state index in [0.717, 1.165) is 25.8 Å². The summed E-state index contributed by atoms with van der Waals surface area (Å²) in [5, 5.41) is 0. The van der Waals surface area contributed by atoms with E-state index < -0.39 is 5.54 Å². The fourth-order valence-electron chi connectivity index (χ4n) is 2.65. The molecule has 4 nitrogen and oxygen atoms in total. The van der Waals surface area contributed by atoms with Crippen molar-refractivity contribution in [2.75, 3.05) is 19.7 Å². The number of Topliss-reactive ketones (excluding diaryl/α,β-unsaturated/α-hetero) is 1. The van der Waals surface area contributed by atoms with Crippen LogP contribution >= 0.6 is 0 Å². The standard InChI is InChI=1S/C13H19NO3/c1-11(15)13-7-5-3-2-4-6-8-14(13)9-10-17-12(13)16/h3,5H,2,4,6-10H2,1H3/b5-3-. The molecule has 1 atom stereocenters. The molecule has 1 unspecified atom stereocenters. The topological polar surface area (TPSA) is 46.6 Å². The molecule has 17 heavy (non-hydrogen) atoms. The van der Waals surface area contributed by atoms with E-state index in [4.69, 9.17) is 4.74 Å². The molecular formula is C13H19NO3. The van der Waals surface area contributed by atoms with Gasteiger partial charge in [-0.1, -0.05) is 12.2 Å². The van der Waals surface area contributed by atoms with Gasteiger partial charge in [-0.15, -0.1) is 0 Å². The minimum Gasteiger partial charge on any atom is -0.463 e. The first-order valence-corrected chi connectivity index (χ1v) is 6.26. The van der Waals surface area contributed by atoms with Gasteiger partial charge in [-0.05, 0) is 32.7 Å². The van der Waals surface area contributed by atoms with Crippen molar-refractivity contribution in [2.24, 2.45) is 0 Å². The first-order valence-electron chi connectivity index (χ1n) is 6.26. The molecule has 1 fully saturated rings. The Morgan fingerprint density at radius 3 is 2.94 bits per heavy atom. The van der Waals surface area contributed by atoms with E-state index in [1.165, 1.54) is 6.92 Å². The summed E-state index contributed by atoms with van der Waals surface area (Å²) in [4.78, 5) is 26.0. The third kappa shape index (κ3) is 2.14. The van der Waals surface area contributed by atoms with Gasteiger partial charge in [0, 0.05) is 13.0 Å². The summed E-state index contributed by atoms with van der Waals surface area (Å²) in [5.74, 6) is -0.475. The molecule has 0 saturated carbocycles. The van der Waals surface area contributed by atoms with E-state index in [1.807, 2.05) is 11.0 Å². The highest BCUT2D eigenvalue weighted by molar-refractivity contribution is 6.08. The molecule has 0 aliphatic carbocycles. The number of esters is 1. The Labute approximate surface area is 102 Å². The second kappa shape index (κ2) is 5.00.